The predicted molar refractivity (Wildman–Crippen MR) is 49.0 cm³/mol. The maximum absolute atomic E-state index is 4.09. The van der Waals surface area contributed by atoms with Gasteiger partial charge in [-0.25, -0.2) is 4.98 Å². The van der Waals surface area contributed by atoms with Crippen LogP contribution in [-0.2, 0) is 0 Å². The van der Waals surface area contributed by atoms with Crippen molar-refractivity contribution in [3.05, 3.63) is 18.7 Å². The summed E-state index contributed by atoms with van der Waals surface area (Å²) in [7, 11) is 0. The van der Waals surface area contributed by atoms with Crippen LogP contribution in [0.2, 0.25) is 0 Å². The fourth-order valence-electron chi connectivity index (χ4n) is 2.04. The largest absolute Gasteiger partial charge is 0.334 e. The van der Waals surface area contributed by atoms with Crippen LogP contribution in [-0.4, -0.2) is 9.55 Å². The van der Waals surface area contributed by atoms with Gasteiger partial charge in [-0.2, -0.15) is 0 Å². The molecule has 0 radical (unpaired) electrons. The smallest absolute Gasteiger partial charge is 0.0948 e. The molecule has 1 aliphatic carbocycles. The highest BCUT2D eigenvalue weighted by Crippen LogP contribution is 2.26. The van der Waals surface area contributed by atoms with Crippen molar-refractivity contribution >= 4 is 0 Å². The third kappa shape index (κ3) is 1.68. The highest BCUT2D eigenvalue weighted by atomic mass is 15.0. The normalized spacial score (nSPS) is 20.7. The molecule has 1 aromatic heterocycles. The molecule has 0 amide bonds. The summed E-state index contributed by atoms with van der Waals surface area (Å²) in [5.74, 6) is 0. The number of rotatable bonds is 1. The first-order valence-electron chi connectivity index (χ1n) is 4.94. The molecule has 1 saturated carbocycles. The molecule has 0 unspecified atom stereocenters. The molecule has 1 aliphatic rings. The molecule has 1 fully saturated rings. The van der Waals surface area contributed by atoms with E-state index in [0.29, 0.717) is 0 Å². The van der Waals surface area contributed by atoms with Crippen molar-refractivity contribution in [2.75, 3.05) is 0 Å². The van der Waals surface area contributed by atoms with Crippen LogP contribution in [0.3, 0.4) is 0 Å². The van der Waals surface area contributed by atoms with Gasteiger partial charge in [0.25, 0.3) is 0 Å². The number of aromatic nitrogens is 2. The average molecular weight is 164 g/mol. The molecule has 1 heterocycles. The zero-order valence-electron chi connectivity index (χ0n) is 7.45. The summed E-state index contributed by atoms with van der Waals surface area (Å²) in [6.07, 6.45) is 14.2. The maximum Gasteiger partial charge on any atom is 0.0948 e. The van der Waals surface area contributed by atoms with Crippen LogP contribution in [0.15, 0.2) is 18.7 Å². The van der Waals surface area contributed by atoms with Crippen molar-refractivity contribution in [1.82, 2.24) is 9.55 Å². The van der Waals surface area contributed by atoms with E-state index in [9.17, 15) is 0 Å². The first-order chi connectivity index (χ1) is 5.97. The molecule has 0 aliphatic heterocycles. The Morgan fingerprint density at radius 2 is 1.83 bits per heavy atom. The molecule has 1 aromatic rings. The maximum atomic E-state index is 4.09. The lowest BCUT2D eigenvalue weighted by atomic mass is 10.1. The van der Waals surface area contributed by atoms with Gasteiger partial charge >= 0.3 is 0 Å². The van der Waals surface area contributed by atoms with E-state index in [4.69, 9.17) is 0 Å². The third-order valence-electron chi connectivity index (χ3n) is 2.77. The second kappa shape index (κ2) is 3.74. The Hall–Kier alpha value is -0.790. The lowest BCUT2D eigenvalue weighted by molar-refractivity contribution is 0.443. The Balaban J connectivity index is 2.02. The molecule has 0 saturated heterocycles. The van der Waals surface area contributed by atoms with Crippen LogP contribution in [0.4, 0.5) is 0 Å². The fourth-order valence-corrected chi connectivity index (χ4v) is 2.04. The Bertz CT molecular complexity index is 208. The molecule has 2 nitrogen and oxygen atoms in total. The lowest BCUT2D eigenvalue weighted by Crippen LogP contribution is -2.05. The number of hydrogen-bond acceptors (Lipinski definition) is 1. The highest BCUT2D eigenvalue weighted by Gasteiger charge is 2.12. The quantitative estimate of drug-likeness (QED) is 0.583. The topological polar surface area (TPSA) is 17.8 Å². The van der Waals surface area contributed by atoms with Crippen LogP contribution in [0, 0.1) is 0 Å². The van der Waals surface area contributed by atoms with Crippen LogP contribution in [0.1, 0.15) is 44.6 Å². The average Bonchev–Trinajstić information content (AvgIpc) is 2.48. The first kappa shape index (κ1) is 7.84. The molecule has 0 bridgehead atoms. The highest BCUT2D eigenvalue weighted by molar-refractivity contribution is 4.81. The van der Waals surface area contributed by atoms with E-state index >= 15 is 0 Å². The monoisotopic (exact) mass is 164 g/mol. The van der Waals surface area contributed by atoms with Crippen molar-refractivity contribution < 1.29 is 0 Å². The second-order valence-corrected chi connectivity index (χ2v) is 3.66. The van der Waals surface area contributed by atoms with Crippen LogP contribution in [0.5, 0.6) is 0 Å². The summed E-state index contributed by atoms with van der Waals surface area (Å²) in [4.78, 5) is 4.09. The van der Waals surface area contributed by atoms with Crippen LogP contribution < -0.4 is 0 Å². The van der Waals surface area contributed by atoms with Gasteiger partial charge in [0.2, 0.25) is 0 Å². The zero-order valence-corrected chi connectivity index (χ0v) is 7.45. The minimum absolute atomic E-state index is 0.731. The van der Waals surface area contributed by atoms with E-state index < -0.39 is 0 Å². The molecule has 2 rings (SSSR count). The van der Waals surface area contributed by atoms with Gasteiger partial charge in [-0.3, -0.25) is 0 Å². The van der Waals surface area contributed by atoms with Crippen molar-refractivity contribution in [3.63, 3.8) is 0 Å². The van der Waals surface area contributed by atoms with Gasteiger partial charge in [0.05, 0.1) is 6.33 Å². The van der Waals surface area contributed by atoms with Gasteiger partial charge in [-0.15, -0.1) is 0 Å². The molecule has 66 valence electrons. The fraction of sp³-hybridized carbons (Fsp3) is 0.700. The van der Waals surface area contributed by atoms with Gasteiger partial charge in [-0.1, -0.05) is 25.7 Å². The molecular formula is C10H16N2. The second-order valence-electron chi connectivity index (χ2n) is 3.66. The summed E-state index contributed by atoms with van der Waals surface area (Å²) in [5.41, 5.74) is 0. The lowest BCUT2D eigenvalue weighted by Gasteiger charge is -2.14. The molecule has 0 aromatic carbocycles. The van der Waals surface area contributed by atoms with Crippen LogP contribution in [0.25, 0.3) is 0 Å². The van der Waals surface area contributed by atoms with Crippen LogP contribution >= 0.6 is 0 Å². The SMILES string of the molecule is c1cn(C2CCCCCC2)cn1. The Kier molecular flexibility index (Phi) is 2.45. The Labute approximate surface area is 73.6 Å². The minimum Gasteiger partial charge on any atom is -0.334 e. The van der Waals surface area contributed by atoms with Crippen molar-refractivity contribution in [1.29, 1.82) is 0 Å². The molecule has 0 N–H and O–H groups in total. The van der Waals surface area contributed by atoms with Crippen molar-refractivity contribution in [3.8, 4) is 0 Å². The van der Waals surface area contributed by atoms with E-state index in [2.05, 4.69) is 15.7 Å². The molecule has 0 spiro atoms. The van der Waals surface area contributed by atoms with Gasteiger partial charge in [0, 0.05) is 18.4 Å². The van der Waals surface area contributed by atoms with E-state index in [1.54, 1.807) is 0 Å². The number of imidazole rings is 1. The Morgan fingerprint density at radius 1 is 1.08 bits per heavy atom. The molecule has 2 heteroatoms. The summed E-state index contributed by atoms with van der Waals surface area (Å²) >= 11 is 0. The minimum atomic E-state index is 0.731. The zero-order chi connectivity index (χ0) is 8.23. The number of hydrogen-bond donors (Lipinski definition) is 0. The summed E-state index contributed by atoms with van der Waals surface area (Å²) in [6, 6.07) is 0.731. The van der Waals surface area contributed by atoms with E-state index in [0.717, 1.165) is 6.04 Å². The van der Waals surface area contributed by atoms with E-state index in [-0.39, 0.29) is 0 Å². The van der Waals surface area contributed by atoms with Gasteiger partial charge in [-0.05, 0) is 12.8 Å². The molecular weight excluding hydrogens is 148 g/mol. The standard InChI is InChI=1S/C10H16N2/c1-2-4-6-10(5-3-1)12-8-7-11-9-12/h7-10H,1-6H2. The van der Waals surface area contributed by atoms with Gasteiger partial charge < -0.3 is 4.57 Å². The van der Waals surface area contributed by atoms with Gasteiger partial charge in [0.15, 0.2) is 0 Å². The summed E-state index contributed by atoms with van der Waals surface area (Å²) < 4.78 is 2.27. The molecule has 12 heavy (non-hydrogen) atoms. The van der Waals surface area contributed by atoms with E-state index in [1.165, 1.54) is 38.5 Å². The third-order valence-corrected chi connectivity index (χ3v) is 2.77. The summed E-state index contributed by atoms with van der Waals surface area (Å²) in [6.45, 7) is 0. The first-order valence-corrected chi connectivity index (χ1v) is 4.94. The van der Waals surface area contributed by atoms with Crippen molar-refractivity contribution in [2.45, 2.75) is 44.6 Å². The Morgan fingerprint density at radius 3 is 2.42 bits per heavy atom. The van der Waals surface area contributed by atoms with Gasteiger partial charge in [0.1, 0.15) is 0 Å². The summed E-state index contributed by atoms with van der Waals surface area (Å²) in [5, 5.41) is 0. The predicted octanol–water partition coefficient (Wildman–Crippen LogP) is 2.78. The van der Waals surface area contributed by atoms with E-state index in [1.807, 2.05) is 12.5 Å². The van der Waals surface area contributed by atoms with Crippen molar-refractivity contribution in [2.24, 2.45) is 0 Å². The molecule has 0 atom stereocenters. The number of nitrogens with zero attached hydrogens (tertiary/aromatic N) is 2.